The monoisotopic (exact) mass is 235 g/mol. The summed E-state index contributed by atoms with van der Waals surface area (Å²) in [4.78, 5) is 18.2. The topological polar surface area (TPSA) is 73.9 Å². The Kier molecular flexibility index (Phi) is 2.58. The Hall–Kier alpha value is -1.43. The maximum atomic E-state index is 12.1. The van der Waals surface area contributed by atoms with E-state index in [1.54, 1.807) is 4.90 Å². The van der Waals surface area contributed by atoms with Gasteiger partial charge in [-0.3, -0.25) is 9.89 Å². The minimum absolute atomic E-state index is 0.0816. The Morgan fingerprint density at radius 3 is 2.88 bits per heavy atom. The molecule has 1 aromatic rings. The fourth-order valence-corrected chi connectivity index (χ4v) is 2.20. The van der Waals surface area contributed by atoms with E-state index in [9.17, 15) is 4.79 Å². The second-order valence-corrected chi connectivity index (χ2v) is 4.88. The van der Waals surface area contributed by atoms with Gasteiger partial charge in [-0.15, -0.1) is 5.10 Å². The molecule has 1 saturated carbocycles. The summed E-state index contributed by atoms with van der Waals surface area (Å²) in [5.74, 6) is 1.59. The minimum atomic E-state index is -0.0816. The van der Waals surface area contributed by atoms with Crippen LogP contribution in [0, 0.1) is 0 Å². The van der Waals surface area contributed by atoms with Crippen LogP contribution >= 0.6 is 0 Å². The van der Waals surface area contributed by atoms with Gasteiger partial charge in [0.1, 0.15) is 5.82 Å². The molecule has 1 aromatic heterocycles. The lowest BCUT2D eigenvalue weighted by atomic mass is 10.2. The van der Waals surface area contributed by atoms with Crippen LogP contribution in [0.5, 0.6) is 0 Å². The molecule has 2 aliphatic rings. The third-order valence-electron chi connectivity index (χ3n) is 3.56. The van der Waals surface area contributed by atoms with Crippen molar-refractivity contribution in [2.24, 2.45) is 0 Å². The molecule has 0 spiro atoms. The van der Waals surface area contributed by atoms with Crippen molar-refractivity contribution in [2.75, 3.05) is 20.1 Å². The highest BCUT2D eigenvalue weighted by Gasteiger charge is 2.30. The molecule has 2 heterocycles. The van der Waals surface area contributed by atoms with Gasteiger partial charge >= 0.3 is 0 Å². The van der Waals surface area contributed by atoms with Crippen molar-refractivity contribution in [2.45, 2.75) is 31.2 Å². The molecule has 0 bridgehead atoms. The van der Waals surface area contributed by atoms with Crippen LogP contribution in [0.2, 0.25) is 0 Å². The smallest absolute Gasteiger partial charge is 0.293 e. The molecule has 1 atom stereocenters. The van der Waals surface area contributed by atoms with Crippen LogP contribution in [-0.2, 0) is 0 Å². The number of carbonyl (C=O) groups excluding carboxylic acids is 1. The maximum Gasteiger partial charge on any atom is 0.293 e. The van der Waals surface area contributed by atoms with E-state index in [0.717, 1.165) is 38.2 Å². The van der Waals surface area contributed by atoms with Crippen LogP contribution in [0.25, 0.3) is 0 Å². The SMILES string of the molecule is CN(C(=O)c1n[nH]c(C2CC2)n1)C1CCNC1. The quantitative estimate of drug-likeness (QED) is 0.780. The molecule has 2 N–H and O–H groups in total. The molecule has 6 heteroatoms. The zero-order valence-electron chi connectivity index (χ0n) is 9.94. The molecule has 92 valence electrons. The van der Waals surface area contributed by atoms with E-state index >= 15 is 0 Å². The van der Waals surface area contributed by atoms with E-state index in [4.69, 9.17) is 0 Å². The van der Waals surface area contributed by atoms with Gasteiger partial charge in [-0.05, 0) is 25.8 Å². The van der Waals surface area contributed by atoms with Crippen LogP contribution in [0.4, 0.5) is 0 Å². The first-order valence-electron chi connectivity index (χ1n) is 6.16. The van der Waals surface area contributed by atoms with Crippen molar-refractivity contribution in [1.29, 1.82) is 0 Å². The fraction of sp³-hybridized carbons (Fsp3) is 0.727. The number of aromatic nitrogens is 3. The molecule has 3 rings (SSSR count). The second-order valence-electron chi connectivity index (χ2n) is 4.88. The van der Waals surface area contributed by atoms with Gasteiger partial charge in [0.25, 0.3) is 5.91 Å². The Morgan fingerprint density at radius 1 is 1.41 bits per heavy atom. The van der Waals surface area contributed by atoms with Crippen LogP contribution in [0.15, 0.2) is 0 Å². The number of H-pyrrole nitrogens is 1. The Bertz CT molecular complexity index is 419. The summed E-state index contributed by atoms with van der Waals surface area (Å²) >= 11 is 0. The minimum Gasteiger partial charge on any atom is -0.335 e. The van der Waals surface area contributed by atoms with E-state index in [0.29, 0.717) is 11.7 Å². The van der Waals surface area contributed by atoms with Crippen molar-refractivity contribution in [3.05, 3.63) is 11.6 Å². The van der Waals surface area contributed by atoms with Gasteiger partial charge in [0.2, 0.25) is 5.82 Å². The number of likely N-dealkylation sites (N-methyl/N-ethyl adjacent to an activating group) is 1. The number of carbonyl (C=O) groups is 1. The van der Waals surface area contributed by atoms with Gasteiger partial charge in [0, 0.05) is 25.6 Å². The van der Waals surface area contributed by atoms with Crippen LogP contribution in [0.1, 0.15) is 41.6 Å². The third kappa shape index (κ3) is 2.04. The van der Waals surface area contributed by atoms with Crippen molar-refractivity contribution >= 4 is 5.91 Å². The molecule has 1 aliphatic heterocycles. The highest BCUT2D eigenvalue weighted by Crippen LogP contribution is 2.37. The van der Waals surface area contributed by atoms with Gasteiger partial charge in [0.05, 0.1) is 0 Å². The van der Waals surface area contributed by atoms with Crippen molar-refractivity contribution in [3.63, 3.8) is 0 Å². The highest BCUT2D eigenvalue weighted by atomic mass is 16.2. The standard InChI is InChI=1S/C11H17N5O/c1-16(8-4-5-12-6-8)11(17)10-13-9(14-15-10)7-2-3-7/h7-8,12H,2-6H2,1H3,(H,13,14,15). The fourth-order valence-electron chi connectivity index (χ4n) is 2.20. The van der Waals surface area contributed by atoms with Crippen LogP contribution < -0.4 is 5.32 Å². The third-order valence-corrected chi connectivity index (χ3v) is 3.56. The summed E-state index contributed by atoms with van der Waals surface area (Å²) in [5, 5.41) is 10.1. The number of hydrogen-bond acceptors (Lipinski definition) is 4. The molecule has 6 nitrogen and oxygen atoms in total. The van der Waals surface area contributed by atoms with Gasteiger partial charge in [-0.25, -0.2) is 4.98 Å². The molecular formula is C11H17N5O. The van der Waals surface area contributed by atoms with Gasteiger partial charge in [-0.2, -0.15) is 0 Å². The Labute approximate surface area is 99.8 Å². The van der Waals surface area contributed by atoms with E-state index in [-0.39, 0.29) is 11.9 Å². The highest BCUT2D eigenvalue weighted by molar-refractivity contribution is 5.90. The van der Waals surface area contributed by atoms with Crippen LogP contribution in [0.3, 0.4) is 0 Å². The van der Waals surface area contributed by atoms with Gasteiger partial charge < -0.3 is 10.2 Å². The molecule has 1 unspecified atom stereocenters. The molecule has 2 fully saturated rings. The maximum absolute atomic E-state index is 12.1. The predicted molar refractivity (Wildman–Crippen MR) is 61.7 cm³/mol. The summed E-state index contributed by atoms with van der Waals surface area (Å²) in [7, 11) is 1.83. The van der Waals surface area contributed by atoms with E-state index in [1.165, 1.54) is 0 Å². The average Bonchev–Trinajstić information content (AvgIpc) is 2.87. The summed E-state index contributed by atoms with van der Waals surface area (Å²) in [6, 6.07) is 0.269. The molecule has 1 amide bonds. The zero-order chi connectivity index (χ0) is 11.8. The average molecular weight is 235 g/mol. The number of aromatic amines is 1. The lowest BCUT2D eigenvalue weighted by molar-refractivity contribution is 0.0732. The zero-order valence-corrected chi connectivity index (χ0v) is 9.94. The van der Waals surface area contributed by atoms with Crippen molar-refractivity contribution in [3.8, 4) is 0 Å². The number of nitrogens with one attached hydrogen (secondary N) is 2. The van der Waals surface area contributed by atoms with E-state index in [1.807, 2.05) is 7.05 Å². The van der Waals surface area contributed by atoms with Gasteiger partial charge in [-0.1, -0.05) is 0 Å². The normalized spacial score (nSPS) is 23.9. The Morgan fingerprint density at radius 2 is 2.24 bits per heavy atom. The largest absolute Gasteiger partial charge is 0.335 e. The molecule has 1 aliphatic carbocycles. The predicted octanol–water partition coefficient (Wildman–Crippen LogP) is 0.116. The van der Waals surface area contributed by atoms with E-state index < -0.39 is 0 Å². The lowest BCUT2D eigenvalue weighted by Crippen LogP contribution is -2.38. The summed E-state index contributed by atoms with van der Waals surface area (Å²) in [5.41, 5.74) is 0. The van der Waals surface area contributed by atoms with Crippen LogP contribution in [-0.4, -0.2) is 52.2 Å². The number of amides is 1. The number of nitrogens with zero attached hydrogens (tertiary/aromatic N) is 3. The molecule has 0 aromatic carbocycles. The van der Waals surface area contributed by atoms with Crippen molar-refractivity contribution < 1.29 is 4.79 Å². The first-order chi connectivity index (χ1) is 8.25. The first-order valence-corrected chi connectivity index (χ1v) is 6.16. The molecule has 1 saturated heterocycles. The first kappa shape index (κ1) is 10.7. The number of rotatable bonds is 3. The summed E-state index contributed by atoms with van der Waals surface area (Å²) in [6.07, 6.45) is 3.32. The summed E-state index contributed by atoms with van der Waals surface area (Å²) in [6.45, 7) is 1.84. The van der Waals surface area contributed by atoms with Gasteiger partial charge in [0.15, 0.2) is 0 Å². The molecular weight excluding hydrogens is 218 g/mol. The second kappa shape index (κ2) is 4.10. The summed E-state index contributed by atoms with van der Waals surface area (Å²) < 4.78 is 0. The van der Waals surface area contributed by atoms with Crippen molar-refractivity contribution in [1.82, 2.24) is 25.4 Å². The van der Waals surface area contributed by atoms with E-state index in [2.05, 4.69) is 20.5 Å². The molecule has 0 radical (unpaired) electrons. The Balaban J connectivity index is 1.70. The number of hydrogen-bond donors (Lipinski definition) is 2. The molecule has 17 heavy (non-hydrogen) atoms. The lowest BCUT2D eigenvalue weighted by Gasteiger charge is -2.22.